The summed E-state index contributed by atoms with van der Waals surface area (Å²) in [5.74, 6) is -0.0584. The van der Waals surface area contributed by atoms with Crippen molar-refractivity contribution in [3.8, 4) is 0 Å². The summed E-state index contributed by atoms with van der Waals surface area (Å²) in [6.45, 7) is 6.08. The third kappa shape index (κ3) is 3.09. The number of para-hydroxylation sites is 1. The van der Waals surface area contributed by atoms with Crippen molar-refractivity contribution in [2.24, 2.45) is 0 Å². The van der Waals surface area contributed by atoms with Gasteiger partial charge in [0.05, 0.1) is 5.69 Å². The topological polar surface area (TPSA) is 49.9 Å². The molecule has 5 nitrogen and oxygen atoms in total. The number of hydrogen-bond acceptors (Lipinski definition) is 3. The Kier molecular flexibility index (Phi) is 4.49. The van der Waals surface area contributed by atoms with Crippen LogP contribution in [0.25, 0.3) is 0 Å². The molecule has 6 heteroatoms. The molecule has 1 fully saturated rings. The molecule has 0 aromatic heterocycles. The Labute approximate surface area is 173 Å². The Morgan fingerprint density at radius 1 is 1.11 bits per heavy atom. The highest BCUT2D eigenvalue weighted by molar-refractivity contribution is 9.10. The van der Waals surface area contributed by atoms with Crippen molar-refractivity contribution in [3.05, 3.63) is 58.6 Å². The smallest absolute Gasteiger partial charge is 0.415 e. The highest BCUT2D eigenvalue weighted by Gasteiger charge is 2.58. The average molecular weight is 443 g/mol. The van der Waals surface area contributed by atoms with E-state index < -0.39 is 17.2 Å². The SMILES string of the molecule is CC(C)(C)OC(=O)N1c2ccccc2CC12CCN(c1ccc(Br)cc1)C2=O. The zero-order valence-corrected chi connectivity index (χ0v) is 17.8. The van der Waals surface area contributed by atoms with Crippen LogP contribution in [0.15, 0.2) is 53.0 Å². The first-order valence-corrected chi connectivity index (χ1v) is 10.2. The summed E-state index contributed by atoms with van der Waals surface area (Å²) in [5, 5.41) is 0. The van der Waals surface area contributed by atoms with Crippen LogP contribution in [-0.4, -0.2) is 29.7 Å². The highest BCUT2D eigenvalue weighted by atomic mass is 79.9. The third-order valence-corrected chi connectivity index (χ3v) is 5.78. The van der Waals surface area contributed by atoms with Gasteiger partial charge in [0.2, 0.25) is 0 Å². The summed E-state index contributed by atoms with van der Waals surface area (Å²) in [7, 11) is 0. The van der Waals surface area contributed by atoms with Crippen LogP contribution in [0.1, 0.15) is 32.8 Å². The molecule has 146 valence electrons. The van der Waals surface area contributed by atoms with Gasteiger partial charge in [0, 0.05) is 23.1 Å². The lowest BCUT2D eigenvalue weighted by molar-refractivity contribution is -0.121. The van der Waals surface area contributed by atoms with Crippen LogP contribution < -0.4 is 9.80 Å². The van der Waals surface area contributed by atoms with Gasteiger partial charge in [-0.1, -0.05) is 34.1 Å². The van der Waals surface area contributed by atoms with E-state index in [4.69, 9.17) is 4.74 Å². The normalized spacial score (nSPS) is 21.4. The number of halogens is 1. The Bertz CT molecular complexity index is 936. The van der Waals surface area contributed by atoms with Crippen LogP contribution in [0.4, 0.5) is 16.2 Å². The predicted molar refractivity (Wildman–Crippen MR) is 113 cm³/mol. The summed E-state index contributed by atoms with van der Waals surface area (Å²) < 4.78 is 6.64. The second-order valence-corrected chi connectivity index (χ2v) is 9.25. The molecular formula is C22H23BrN2O3. The summed E-state index contributed by atoms with van der Waals surface area (Å²) >= 11 is 3.43. The van der Waals surface area contributed by atoms with E-state index in [0.717, 1.165) is 21.4 Å². The Morgan fingerprint density at radius 2 is 1.79 bits per heavy atom. The van der Waals surface area contributed by atoms with Gasteiger partial charge < -0.3 is 9.64 Å². The van der Waals surface area contributed by atoms with Crippen molar-refractivity contribution in [1.82, 2.24) is 0 Å². The van der Waals surface area contributed by atoms with E-state index in [1.807, 2.05) is 69.3 Å². The van der Waals surface area contributed by atoms with Gasteiger partial charge in [-0.15, -0.1) is 0 Å². The highest BCUT2D eigenvalue weighted by Crippen LogP contribution is 2.46. The fraction of sp³-hybridized carbons (Fsp3) is 0.364. The number of anilines is 2. The maximum atomic E-state index is 13.6. The number of amides is 2. The molecule has 2 aliphatic heterocycles. The summed E-state index contributed by atoms with van der Waals surface area (Å²) in [4.78, 5) is 30.1. The van der Waals surface area contributed by atoms with Gasteiger partial charge in [0.25, 0.3) is 5.91 Å². The molecule has 0 aliphatic carbocycles. The number of hydrogen-bond donors (Lipinski definition) is 0. The molecule has 2 aromatic carbocycles. The molecular weight excluding hydrogens is 420 g/mol. The molecule has 0 N–H and O–H groups in total. The van der Waals surface area contributed by atoms with Crippen LogP contribution in [-0.2, 0) is 16.0 Å². The fourth-order valence-corrected chi connectivity index (χ4v) is 4.34. The van der Waals surface area contributed by atoms with Gasteiger partial charge in [-0.05, 0) is 63.1 Å². The molecule has 2 heterocycles. The molecule has 2 amide bonds. The van der Waals surface area contributed by atoms with Crippen molar-refractivity contribution in [3.63, 3.8) is 0 Å². The summed E-state index contributed by atoms with van der Waals surface area (Å²) in [6, 6.07) is 15.4. The van der Waals surface area contributed by atoms with Gasteiger partial charge in [0.15, 0.2) is 0 Å². The lowest BCUT2D eigenvalue weighted by Gasteiger charge is -2.35. The monoisotopic (exact) mass is 442 g/mol. The van der Waals surface area contributed by atoms with E-state index >= 15 is 0 Å². The van der Waals surface area contributed by atoms with Crippen LogP contribution in [0.5, 0.6) is 0 Å². The van der Waals surface area contributed by atoms with Crippen molar-refractivity contribution < 1.29 is 14.3 Å². The standard InChI is InChI=1S/C22H23BrN2O3/c1-21(2,3)28-20(27)25-18-7-5-4-6-15(18)14-22(25)12-13-24(19(22)26)17-10-8-16(23)9-11-17/h4-11H,12-14H2,1-3H3. The minimum absolute atomic E-state index is 0.0584. The Morgan fingerprint density at radius 3 is 2.46 bits per heavy atom. The van der Waals surface area contributed by atoms with Crippen molar-refractivity contribution >= 4 is 39.3 Å². The van der Waals surface area contributed by atoms with Gasteiger partial charge in [-0.25, -0.2) is 4.79 Å². The summed E-state index contributed by atoms with van der Waals surface area (Å²) in [6.07, 6.45) is 0.604. The number of carbonyl (C=O) groups excluding carboxylic acids is 2. The van der Waals surface area contributed by atoms with Crippen molar-refractivity contribution in [2.45, 2.75) is 44.8 Å². The van der Waals surface area contributed by atoms with Crippen LogP contribution in [0.2, 0.25) is 0 Å². The van der Waals surface area contributed by atoms with Gasteiger partial charge in [0.1, 0.15) is 11.1 Å². The molecule has 0 saturated carbocycles. The number of carbonyl (C=O) groups is 2. The average Bonchev–Trinajstić information content (AvgIpc) is 3.12. The second kappa shape index (κ2) is 6.62. The molecule has 1 atom stereocenters. The minimum Gasteiger partial charge on any atom is -0.443 e. The Hall–Kier alpha value is -2.34. The first-order chi connectivity index (χ1) is 13.2. The molecule has 28 heavy (non-hydrogen) atoms. The number of benzene rings is 2. The lowest BCUT2D eigenvalue weighted by Crippen LogP contribution is -2.56. The molecule has 0 radical (unpaired) electrons. The van der Waals surface area contributed by atoms with Gasteiger partial charge in [-0.2, -0.15) is 0 Å². The van der Waals surface area contributed by atoms with Crippen molar-refractivity contribution in [1.29, 1.82) is 0 Å². The minimum atomic E-state index is -0.931. The van der Waals surface area contributed by atoms with E-state index in [0.29, 0.717) is 19.4 Å². The van der Waals surface area contributed by atoms with E-state index in [1.165, 1.54) is 0 Å². The second-order valence-electron chi connectivity index (χ2n) is 8.34. The number of nitrogens with zero attached hydrogens (tertiary/aromatic N) is 2. The maximum Gasteiger partial charge on any atom is 0.415 e. The van der Waals surface area contributed by atoms with Crippen molar-refractivity contribution in [2.75, 3.05) is 16.3 Å². The number of ether oxygens (including phenoxy) is 1. The fourth-order valence-electron chi connectivity index (χ4n) is 4.08. The maximum absolute atomic E-state index is 13.6. The number of fused-ring (bicyclic) bond motifs is 1. The zero-order chi connectivity index (χ0) is 20.1. The molecule has 2 aliphatic rings. The molecule has 0 bridgehead atoms. The molecule has 1 spiro atoms. The zero-order valence-electron chi connectivity index (χ0n) is 16.2. The number of rotatable bonds is 1. The largest absolute Gasteiger partial charge is 0.443 e. The quantitative estimate of drug-likeness (QED) is 0.629. The third-order valence-electron chi connectivity index (χ3n) is 5.25. The van der Waals surface area contributed by atoms with E-state index in [-0.39, 0.29) is 5.91 Å². The van der Waals surface area contributed by atoms with E-state index in [1.54, 1.807) is 9.80 Å². The van der Waals surface area contributed by atoms with E-state index in [9.17, 15) is 9.59 Å². The molecule has 2 aromatic rings. The summed E-state index contributed by atoms with van der Waals surface area (Å²) in [5.41, 5.74) is 1.04. The predicted octanol–water partition coefficient (Wildman–Crippen LogP) is 4.92. The molecule has 4 rings (SSSR count). The van der Waals surface area contributed by atoms with Crippen LogP contribution in [0, 0.1) is 0 Å². The van der Waals surface area contributed by atoms with Crippen LogP contribution >= 0.6 is 15.9 Å². The first kappa shape index (κ1) is 19.0. The van der Waals surface area contributed by atoms with Crippen LogP contribution in [0.3, 0.4) is 0 Å². The van der Waals surface area contributed by atoms with Gasteiger partial charge in [-0.3, -0.25) is 9.69 Å². The molecule has 1 unspecified atom stereocenters. The lowest BCUT2D eigenvalue weighted by atomic mass is 9.92. The van der Waals surface area contributed by atoms with E-state index in [2.05, 4.69) is 15.9 Å². The Balaban J connectivity index is 1.73. The molecule has 1 saturated heterocycles. The van der Waals surface area contributed by atoms with Gasteiger partial charge >= 0.3 is 6.09 Å². The first-order valence-electron chi connectivity index (χ1n) is 9.40.